The molecule has 0 unspecified atom stereocenters. The second kappa shape index (κ2) is 7.58. The van der Waals surface area contributed by atoms with E-state index in [-0.39, 0.29) is 11.3 Å². The number of hydrogen-bond acceptors (Lipinski definition) is 3. The second-order valence-electron chi connectivity index (χ2n) is 7.83. The Morgan fingerprint density at radius 2 is 1.92 bits per heavy atom. The fraction of sp³-hybridized carbons (Fsp3) is 0.455. The second-order valence-corrected chi connectivity index (χ2v) is 7.83. The molecule has 1 aromatic carbocycles. The molecule has 0 saturated carbocycles. The third-order valence-corrected chi connectivity index (χ3v) is 5.93. The van der Waals surface area contributed by atoms with Crippen molar-refractivity contribution in [3.8, 4) is 0 Å². The average molecular weight is 349 g/mol. The molecule has 26 heavy (non-hydrogen) atoms. The number of benzene rings is 1. The molecule has 1 aromatic heterocycles. The number of carbonyl (C=O) groups is 1. The summed E-state index contributed by atoms with van der Waals surface area (Å²) in [6, 6.07) is 14.4. The van der Waals surface area contributed by atoms with Crippen LogP contribution in [0.3, 0.4) is 0 Å². The molecule has 4 nitrogen and oxygen atoms in total. The van der Waals surface area contributed by atoms with Crippen molar-refractivity contribution >= 4 is 5.91 Å². The van der Waals surface area contributed by atoms with Gasteiger partial charge in [-0.2, -0.15) is 0 Å². The zero-order valence-electron chi connectivity index (χ0n) is 15.3. The Labute approximate surface area is 155 Å². The number of likely N-dealkylation sites (tertiary alicyclic amines) is 2. The van der Waals surface area contributed by atoms with Gasteiger partial charge in [0.1, 0.15) is 0 Å². The first-order valence-electron chi connectivity index (χ1n) is 9.70. The van der Waals surface area contributed by atoms with Crippen molar-refractivity contribution in [2.45, 2.75) is 25.7 Å². The molecule has 1 atom stereocenters. The van der Waals surface area contributed by atoms with Crippen molar-refractivity contribution in [1.82, 2.24) is 14.8 Å². The maximum Gasteiger partial charge on any atom is 0.255 e. The topological polar surface area (TPSA) is 36.4 Å². The molecule has 4 heteroatoms. The molecule has 2 saturated heterocycles. The van der Waals surface area contributed by atoms with Crippen molar-refractivity contribution in [1.29, 1.82) is 0 Å². The number of rotatable bonds is 4. The minimum Gasteiger partial charge on any atom is -0.338 e. The average Bonchev–Trinajstić information content (AvgIpc) is 3.10. The molecule has 136 valence electrons. The van der Waals surface area contributed by atoms with Crippen molar-refractivity contribution in [3.05, 3.63) is 66.0 Å². The van der Waals surface area contributed by atoms with Gasteiger partial charge in [0.2, 0.25) is 0 Å². The summed E-state index contributed by atoms with van der Waals surface area (Å²) in [4.78, 5) is 21.5. The molecular formula is C22H27N3O. The van der Waals surface area contributed by atoms with E-state index >= 15 is 0 Å². The number of piperidine rings is 1. The van der Waals surface area contributed by atoms with Crippen molar-refractivity contribution in [2.75, 3.05) is 32.7 Å². The van der Waals surface area contributed by atoms with Crippen molar-refractivity contribution in [3.63, 3.8) is 0 Å². The van der Waals surface area contributed by atoms with E-state index in [0.29, 0.717) is 5.56 Å². The van der Waals surface area contributed by atoms with E-state index in [1.807, 2.05) is 17.0 Å². The van der Waals surface area contributed by atoms with Gasteiger partial charge in [0, 0.05) is 44.0 Å². The Morgan fingerprint density at radius 3 is 2.73 bits per heavy atom. The molecule has 1 spiro atoms. The van der Waals surface area contributed by atoms with Crippen LogP contribution in [0.1, 0.15) is 35.2 Å². The fourth-order valence-corrected chi connectivity index (χ4v) is 4.55. The Bertz CT molecular complexity index is 734. The van der Waals surface area contributed by atoms with Gasteiger partial charge in [0.25, 0.3) is 5.91 Å². The molecule has 4 rings (SSSR count). The third-order valence-electron chi connectivity index (χ3n) is 5.93. The first-order chi connectivity index (χ1) is 12.7. The molecule has 0 aliphatic carbocycles. The van der Waals surface area contributed by atoms with Gasteiger partial charge in [-0.15, -0.1) is 0 Å². The quantitative estimate of drug-likeness (QED) is 0.850. The van der Waals surface area contributed by atoms with Crippen LogP contribution in [0.4, 0.5) is 0 Å². The molecule has 2 aliphatic rings. The highest BCUT2D eigenvalue weighted by Crippen LogP contribution is 2.39. The van der Waals surface area contributed by atoms with E-state index in [1.165, 1.54) is 24.9 Å². The molecule has 0 radical (unpaired) electrons. The van der Waals surface area contributed by atoms with Gasteiger partial charge < -0.3 is 9.80 Å². The number of carbonyl (C=O) groups excluding carboxylic acids is 1. The van der Waals surface area contributed by atoms with Gasteiger partial charge in [-0.3, -0.25) is 9.78 Å². The van der Waals surface area contributed by atoms with Gasteiger partial charge in [0.05, 0.1) is 5.56 Å². The molecule has 2 fully saturated rings. The fourth-order valence-electron chi connectivity index (χ4n) is 4.55. The highest BCUT2D eigenvalue weighted by Gasteiger charge is 2.42. The van der Waals surface area contributed by atoms with Crippen LogP contribution in [0.25, 0.3) is 0 Å². The summed E-state index contributed by atoms with van der Waals surface area (Å²) in [5.41, 5.74) is 2.40. The van der Waals surface area contributed by atoms with Gasteiger partial charge in [0.15, 0.2) is 0 Å². The minimum absolute atomic E-state index is 0.136. The largest absolute Gasteiger partial charge is 0.338 e. The van der Waals surface area contributed by atoms with Crippen LogP contribution in [0, 0.1) is 5.41 Å². The van der Waals surface area contributed by atoms with Crippen molar-refractivity contribution < 1.29 is 4.79 Å². The monoisotopic (exact) mass is 349 g/mol. The summed E-state index contributed by atoms with van der Waals surface area (Å²) >= 11 is 0. The molecule has 2 aromatic rings. The van der Waals surface area contributed by atoms with E-state index in [2.05, 4.69) is 40.2 Å². The van der Waals surface area contributed by atoms with Gasteiger partial charge >= 0.3 is 0 Å². The predicted octanol–water partition coefficient (Wildman–Crippen LogP) is 3.25. The zero-order chi connectivity index (χ0) is 17.8. The zero-order valence-corrected chi connectivity index (χ0v) is 15.3. The lowest BCUT2D eigenvalue weighted by atomic mass is 9.79. The number of aromatic nitrogens is 1. The van der Waals surface area contributed by atoms with Crippen LogP contribution in [0.15, 0.2) is 54.9 Å². The summed E-state index contributed by atoms with van der Waals surface area (Å²) in [7, 11) is 0. The number of nitrogens with zero attached hydrogens (tertiary/aromatic N) is 3. The highest BCUT2D eigenvalue weighted by molar-refractivity contribution is 5.94. The van der Waals surface area contributed by atoms with E-state index in [9.17, 15) is 4.79 Å². The van der Waals surface area contributed by atoms with E-state index in [4.69, 9.17) is 0 Å². The van der Waals surface area contributed by atoms with E-state index < -0.39 is 0 Å². The molecule has 0 bridgehead atoms. The first kappa shape index (κ1) is 17.2. The molecule has 1 amide bonds. The summed E-state index contributed by atoms with van der Waals surface area (Å²) in [5, 5.41) is 0. The number of hydrogen-bond donors (Lipinski definition) is 0. The lowest BCUT2D eigenvalue weighted by Gasteiger charge is -2.40. The number of amides is 1. The minimum atomic E-state index is 0.136. The number of pyridine rings is 1. The van der Waals surface area contributed by atoms with Crippen LogP contribution in [0.5, 0.6) is 0 Å². The molecular weight excluding hydrogens is 322 g/mol. The van der Waals surface area contributed by atoms with E-state index in [1.54, 1.807) is 12.4 Å². The summed E-state index contributed by atoms with van der Waals surface area (Å²) in [6.07, 6.45) is 8.11. The summed E-state index contributed by atoms with van der Waals surface area (Å²) in [5.74, 6) is 0.136. The predicted molar refractivity (Wildman–Crippen MR) is 103 cm³/mol. The normalized spacial score (nSPS) is 23.5. The van der Waals surface area contributed by atoms with Crippen LogP contribution in [-0.2, 0) is 6.42 Å². The lowest BCUT2D eigenvalue weighted by molar-refractivity contribution is 0.0692. The smallest absolute Gasteiger partial charge is 0.255 e. The SMILES string of the molecule is O=C(c1cccnc1)N1CC[C@]2(CCCN(CCc3ccccc3)C2)C1. The van der Waals surface area contributed by atoms with Gasteiger partial charge in [-0.05, 0) is 49.9 Å². The standard InChI is InChI=1S/C22H27N3O/c26-21(20-8-4-12-23-16-20)25-15-11-22(18-25)10-5-13-24(17-22)14-9-19-6-2-1-3-7-19/h1-4,6-8,12,16H,5,9-11,13-15,17-18H2/t22-/m0/s1. The van der Waals surface area contributed by atoms with Gasteiger partial charge in [-0.25, -0.2) is 0 Å². The Balaban J connectivity index is 1.36. The maximum absolute atomic E-state index is 12.7. The van der Waals surface area contributed by atoms with Gasteiger partial charge in [-0.1, -0.05) is 30.3 Å². The lowest BCUT2D eigenvalue weighted by Crippen LogP contribution is -2.46. The highest BCUT2D eigenvalue weighted by atomic mass is 16.2. The molecule has 3 heterocycles. The van der Waals surface area contributed by atoms with Crippen molar-refractivity contribution in [2.24, 2.45) is 5.41 Å². The van der Waals surface area contributed by atoms with Crippen LogP contribution in [0.2, 0.25) is 0 Å². The Hall–Kier alpha value is -2.20. The molecule has 0 N–H and O–H groups in total. The summed E-state index contributed by atoms with van der Waals surface area (Å²) in [6.45, 7) is 5.19. The first-order valence-corrected chi connectivity index (χ1v) is 9.70. The van der Waals surface area contributed by atoms with E-state index in [0.717, 1.165) is 39.0 Å². The third kappa shape index (κ3) is 3.80. The van der Waals surface area contributed by atoms with Crippen LogP contribution in [-0.4, -0.2) is 53.4 Å². The van der Waals surface area contributed by atoms with Crippen LogP contribution < -0.4 is 0 Å². The Morgan fingerprint density at radius 1 is 1.04 bits per heavy atom. The maximum atomic E-state index is 12.7. The van der Waals surface area contributed by atoms with Crippen LogP contribution >= 0.6 is 0 Å². The summed E-state index contributed by atoms with van der Waals surface area (Å²) < 4.78 is 0. The molecule has 2 aliphatic heterocycles. The Kier molecular flexibility index (Phi) is 5.02.